The van der Waals surface area contributed by atoms with E-state index in [1.54, 1.807) is 12.2 Å². The first-order chi connectivity index (χ1) is 13.3. The van der Waals surface area contributed by atoms with Crippen LogP contribution in [-0.4, -0.2) is 42.9 Å². The first-order valence-corrected chi connectivity index (χ1v) is 9.21. The maximum atomic E-state index is 13.8. The number of nitrogens with zero attached hydrogens (tertiary/aromatic N) is 2. The van der Waals surface area contributed by atoms with Gasteiger partial charge >= 0.3 is 0 Å². The van der Waals surface area contributed by atoms with Crippen LogP contribution in [0.5, 0.6) is 0 Å². The molecule has 28 heavy (non-hydrogen) atoms. The molecule has 2 rings (SSSR count). The fourth-order valence-electron chi connectivity index (χ4n) is 2.63. The topological polar surface area (TPSA) is 23.6 Å². The molecular weight excluding hydrogens is 358 g/mol. The van der Waals surface area contributed by atoms with E-state index in [4.69, 9.17) is 0 Å². The summed E-state index contributed by atoms with van der Waals surface area (Å²) >= 11 is 0. The molecule has 1 aliphatic heterocycles. The van der Waals surface area contributed by atoms with Crippen molar-refractivity contribution in [3.8, 4) is 0 Å². The first-order valence-electron chi connectivity index (χ1n) is 9.21. The number of amides is 1. The van der Waals surface area contributed by atoms with Gasteiger partial charge in [-0.05, 0) is 50.8 Å². The highest BCUT2D eigenvalue weighted by molar-refractivity contribution is 5.96. The Morgan fingerprint density at radius 1 is 1.21 bits per heavy atom. The Hall–Kier alpha value is -2.53. The van der Waals surface area contributed by atoms with Crippen molar-refractivity contribution in [1.82, 2.24) is 9.80 Å². The van der Waals surface area contributed by atoms with Crippen molar-refractivity contribution in [2.45, 2.75) is 20.3 Å². The zero-order valence-electron chi connectivity index (χ0n) is 17.5. The molecule has 0 radical (unpaired) electrons. The minimum absolute atomic E-state index is 0.143. The quantitative estimate of drug-likeness (QED) is 0.625. The van der Waals surface area contributed by atoms with E-state index in [0.29, 0.717) is 18.3 Å². The van der Waals surface area contributed by atoms with Gasteiger partial charge in [0.1, 0.15) is 11.6 Å². The highest BCUT2D eigenvalue weighted by atomic mass is 19.1. The van der Waals surface area contributed by atoms with Gasteiger partial charge < -0.3 is 9.80 Å². The minimum Gasteiger partial charge on any atom is -0.310 e. The third-order valence-electron chi connectivity index (χ3n) is 4.37. The van der Waals surface area contributed by atoms with Gasteiger partial charge in [-0.3, -0.25) is 4.79 Å². The number of benzene rings is 1. The molecule has 1 amide bonds. The van der Waals surface area contributed by atoms with Crippen LogP contribution < -0.4 is 0 Å². The second-order valence-electron chi connectivity index (χ2n) is 6.29. The van der Waals surface area contributed by atoms with Crippen molar-refractivity contribution in [1.29, 1.82) is 0 Å². The lowest BCUT2D eigenvalue weighted by molar-refractivity contribution is 0.0809. The van der Waals surface area contributed by atoms with Gasteiger partial charge in [0.15, 0.2) is 0 Å². The standard InChI is InChI=1S/C17H17F2NO.C4H11N.C2H4/c1-4-11-10-20(16(6-3)13(11)5-2)17(21)14-8-7-12(18)9-15(14)19;1-4-5(2)3;1-2/h5-9,11H,2-4,10H2,1H3;4H2,1-3H3;1-2H2. The molecule has 1 atom stereocenters. The van der Waals surface area contributed by atoms with Crippen molar-refractivity contribution in [2.24, 2.45) is 5.92 Å². The third-order valence-corrected chi connectivity index (χ3v) is 4.37. The SMILES string of the molecule is C=C.C=CC1=C(C=C)N(C(=O)c2ccc(F)cc2F)CC1CC.CCN(C)C. The second-order valence-corrected chi connectivity index (χ2v) is 6.29. The Labute approximate surface area is 168 Å². The van der Waals surface area contributed by atoms with Gasteiger partial charge in [-0.15, -0.1) is 13.2 Å². The zero-order valence-corrected chi connectivity index (χ0v) is 17.5. The molecule has 0 aromatic heterocycles. The highest BCUT2D eigenvalue weighted by Gasteiger charge is 2.32. The molecule has 1 heterocycles. The number of halogens is 2. The van der Waals surface area contributed by atoms with E-state index >= 15 is 0 Å². The molecule has 0 saturated heterocycles. The molecule has 0 spiro atoms. The van der Waals surface area contributed by atoms with Crippen LogP contribution in [-0.2, 0) is 0 Å². The van der Waals surface area contributed by atoms with E-state index in [0.717, 1.165) is 24.6 Å². The normalized spacial score (nSPS) is 15.4. The van der Waals surface area contributed by atoms with E-state index in [9.17, 15) is 13.6 Å². The molecule has 0 saturated carbocycles. The molecule has 1 aromatic carbocycles. The fourth-order valence-corrected chi connectivity index (χ4v) is 2.63. The molecule has 0 aliphatic carbocycles. The number of allylic oxidation sites excluding steroid dienone is 2. The lowest BCUT2D eigenvalue weighted by atomic mass is 9.98. The van der Waals surface area contributed by atoms with Crippen LogP contribution in [0.2, 0.25) is 0 Å². The van der Waals surface area contributed by atoms with Crippen LogP contribution in [0.3, 0.4) is 0 Å². The summed E-state index contributed by atoms with van der Waals surface area (Å²) in [6.45, 7) is 19.2. The van der Waals surface area contributed by atoms with Crippen LogP contribution in [0.4, 0.5) is 8.78 Å². The number of hydrogen-bond acceptors (Lipinski definition) is 2. The summed E-state index contributed by atoms with van der Waals surface area (Å²) in [7, 11) is 4.11. The van der Waals surface area contributed by atoms with E-state index in [2.05, 4.69) is 52.2 Å². The van der Waals surface area contributed by atoms with Gasteiger partial charge in [-0.1, -0.05) is 33.1 Å². The lowest BCUT2D eigenvalue weighted by Gasteiger charge is -2.19. The van der Waals surface area contributed by atoms with Crippen molar-refractivity contribution in [3.63, 3.8) is 0 Å². The first kappa shape index (κ1) is 25.5. The van der Waals surface area contributed by atoms with Gasteiger partial charge in [-0.2, -0.15) is 0 Å². The van der Waals surface area contributed by atoms with E-state index in [1.165, 1.54) is 11.0 Å². The molecule has 3 nitrogen and oxygen atoms in total. The average Bonchev–Trinajstić information content (AvgIpc) is 3.07. The molecule has 5 heteroatoms. The van der Waals surface area contributed by atoms with Crippen molar-refractivity contribution in [2.75, 3.05) is 27.2 Å². The van der Waals surface area contributed by atoms with Gasteiger partial charge in [0, 0.05) is 24.2 Å². The summed E-state index contributed by atoms with van der Waals surface area (Å²) in [6, 6.07) is 2.96. The molecule has 0 fully saturated rings. The fraction of sp³-hybridized carbons (Fsp3) is 0.348. The highest BCUT2D eigenvalue weighted by Crippen LogP contribution is 2.33. The van der Waals surface area contributed by atoms with Crippen LogP contribution in [0.15, 0.2) is 67.9 Å². The van der Waals surface area contributed by atoms with Crippen molar-refractivity contribution >= 4 is 5.91 Å². The van der Waals surface area contributed by atoms with Gasteiger partial charge in [0.05, 0.1) is 5.56 Å². The monoisotopic (exact) mass is 390 g/mol. The Bertz CT molecular complexity index is 711. The summed E-state index contributed by atoms with van der Waals surface area (Å²) < 4.78 is 26.8. The summed E-state index contributed by atoms with van der Waals surface area (Å²) in [6.07, 6.45) is 4.12. The van der Waals surface area contributed by atoms with Gasteiger partial charge in [0.25, 0.3) is 5.91 Å². The van der Waals surface area contributed by atoms with Crippen LogP contribution in [0, 0.1) is 17.6 Å². The Balaban J connectivity index is 0.000000906. The van der Waals surface area contributed by atoms with Crippen molar-refractivity contribution < 1.29 is 13.6 Å². The molecule has 154 valence electrons. The number of carbonyl (C=O) groups excluding carboxylic acids is 1. The predicted octanol–water partition coefficient (Wildman–Crippen LogP) is 5.44. The molecule has 1 aliphatic rings. The van der Waals surface area contributed by atoms with E-state index < -0.39 is 17.5 Å². The summed E-state index contributed by atoms with van der Waals surface area (Å²) in [5.74, 6) is -1.90. The maximum absolute atomic E-state index is 13.8. The molecule has 1 aromatic rings. The van der Waals surface area contributed by atoms with E-state index in [-0.39, 0.29) is 11.5 Å². The largest absolute Gasteiger partial charge is 0.310 e. The predicted molar refractivity (Wildman–Crippen MR) is 114 cm³/mol. The van der Waals surface area contributed by atoms with Crippen LogP contribution >= 0.6 is 0 Å². The zero-order chi connectivity index (χ0) is 21.9. The number of rotatable bonds is 5. The van der Waals surface area contributed by atoms with Gasteiger partial charge in [-0.25, -0.2) is 8.78 Å². The van der Waals surface area contributed by atoms with Crippen LogP contribution in [0.25, 0.3) is 0 Å². The second kappa shape index (κ2) is 12.8. The summed E-state index contributed by atoms with van der Waals surface area (Å²) in [5.41, 5.74) is 1.44. The number of carbonyl (C=O) groups is 1. The summed E-state index contributed by atoms with van der Waals surface area (Å²) in [5, 5.41) is 0. The summed E-state index contributed by atoms with van der Waals surface area (Å²) in [4.78, 5) is 16.1. The molecule has 0 bridgehead atoms. The van der Waals surface area contributed by atoms with E-state index in [1.807, 2.05) is 6.92 Å². The minimum atomic E-state index is -0.858. The maximum Gasteiger partial charge on any atom is 0.261 e. The number of hydrogen-bond donors (Lipinski definition) is 0. The van der Waals surface area contributed by atoms with Gasteiger partial charge in [0.2, 0.25) is 0 Å². The van der Waals surface area contributed by atoms with Crippen molar-refractivity contribution in [3.05, 3.63) is 85.1 Å². The Morgan fingerprint density at radius 3 is 2.18 bits per heavy atom. The third kappa shape index (κ3) is 6.57. The van der Waals surface area contributed by atoms with Crippen LogP contribution in [0.1, 0.15) is 30.6 Å². The Kier molecular flexibility index (Phi) is 11.6. The molecule has 1 unspecified atom stereocenters. The molecular formula is C23H32F2N2O. The smallest absolute Gasteiger partial charge is 0.261 e. The average molecular weight is 391 g/mol. The molecule has 0 N–H and O–H groups in total. The Morgan fingerprint density at radius 2 is 1.79 bits per heavy atom. The lowest BCUT2D eigenvalue weighted by Crippen LogP contribution is -2.29.